The lowest BCUT2D eigenvalue weighted by molar-refractivity contribution is 1.21. The van der Waals surface area contributed by atoms with E-state index in [-0.39, 0.29) is 0 Å². The van der Waals surface area contributed by atoms with Crippen LogP contribution in [-0.2, 0) is 0 Å². The molecule has 0 fully saturated rings. The molecule has 1 aromatic heterocycles. The Morgan fingerprint density at radius 3 is 2.80 bits per heavy atom. The highest BCUT2D eigenvalue weighted by molar-refractivity contribution is 9.10. The number of hydrogen-bond donors (Lipinski definition) is 1. The summed E-state index contributed by atoms with van der Waals surface area (Å²) in [6, 6.07) is 11.8. The van der Waals surface area contributed by atoms with Crippen molar-refractivity contribution in [3.8, 4) is 0 Å². The van der Waals surface area contributed by atoms with E-state index in [1.54, 1.807) is 6.33 Å². The minimum Gasteiger partial charge on any atom is -0.340 e. The highest BCUT2D eigenvalue weighted by Crippen LogP contribution is 2.29. The van der Waals surface area contributed by atoms with E-state index in [1.165, 1.54) is 0 Å². The van der Waals surface area contributed by atoms with Crippen LogP contribution in [0, 0.1) is 6.92 Å². The Kier molecular flexibility index (Phi) is 3.59. The van der Waals surface area contributed by atoms with Crippen molar-refractivity contribution in [1.29, 1.82) is 0 Å². The molecular formula is C15H11BrClN3. The largest absolute Gasteiger partial charge is 0.340 e. The van der Waals surface area contributed by atoms with Crippen molar-refractivity contribution in [3.05, 3.63) is 57.8 Å². The minimum absolute atomic E-state index is 0.731. The van der Waals surface area contributed by atoms with Crippen molar-refractivity contribution in [2.45, 2.75) is 6.92 Å². The van der Waals surface area contributed by atoms with E-state index in [4.69, 9.17) is 11.6 Å². The molecule has 3 rings (SSSR count). The molecule has 1 N–H and O–H groups in total. The maximum atomic E-state index is 6.14. The van der Waals surface area contributed by atoms with E-state index in [0.29, 0.717) is 0 Å². The van der Waals surface area contributed by atoms with E-state index >= 15 is 0 Å². The summed E-state index contributed by atoms with van der Waals surface area (Å²) in [5, 5.41) is 4.97. The SMILES string of the molecule is Cc1ccc(Nc2ncnc3c(Br)cccc23)cc1Cl. The van der Waals surface area contributed by atoms with Crippen LogP contribution in [0.1, 0.15) is 5.56 Å². The highest BCUT2D eigenvalue weighted by Gasteiger charge is 2.07. The maximum absolute atomic E-state index is 6.14. The van der Waals surface area contributed by atoms with Gasteiger partial charge in [0.1, 0.15) is 12.1 Å². The molecule has 5 heteroatoms. The van der Waals surface area contributed by atoms with E-state index in [0.717, 1.165) is 37.5 Å². The molecule has 3 aromatic rings. The fraction of sp³-hybridized carbons (Fsp3) is 0.0667. The zero-order valence-electron chi connectivity index (χ0n) is 10.7. The first kappa shape index (κ1) is 13.3. The number of rotatable bonds is 2. The van der Waals surface area contributed by atoms with Crippen LogP contribution >= 0.6 is 27.5 Å². The van der Waals surface area contributed by atoms with Crippen LogP contribution in [-0.4, -0.2) is 9.97 Å². The van der Waals surface area contributed by atoms with Crippen LogP contribution in [0.4, 0.5) is 11.5 Å². The van der Waals surface area contributed by atoms with Gasteiger partial charge in [-0.2, -0.15) is 0 Å². The molecular weight excluding hydrogens is 338 g/mol. The molecule has 2 aromatic carbocycles. The van der Waals surface area contributed by atoms with Crippen molar-refractivity contribution in [3.63, 3.8) is 0 Å². The molecule has 0 radical (unpaired) electrons. The van der Waals surface area contributed by atoms with Crippen LogP contribution in [0.15, 0.2) is 47.2 Å². The van der Waals surface area contributed by atoms with Crippen molar-refractivity contribution < 1.29 is 0 Å². The first-order chi connectivity index (χ1) is 9.65. The third kappa shape index (κ3) is 2.49. The number of aryl methyl sites for hydroxylation is 1. The molecule has 0 aliphatic carbocycles. The van der Waals surface area contributed by atoms with Gasteiger partial charge in [-0.1, -0.05) is 23.7 Å². The average molecular weight is 349 g/mol. The molecule has 3 nitrogen and oxygen atoms in total. The standard InChI is InChI=1S/C15H11BrClN3/c1-9-5-6-10(7-13(9)17)20-15-11-3-2-4-12(16)14(11)18-8-19-15/h2-8H,1H3,(H,18,19,20). The first-order valence-electron chi connectivity index (χ1n) is 6.07. The summed E-state index contributed by atoms with van der Waals surface area (Å²) in [6.45, 7) is 1.98. The Bertz CT molecular complexity index is 789. The van der Waals surface area contributed by atoms with Gasteiger partial charge in [0, 0.05) is 20.6 Å². The summed E-state index contributed by atoms with van der Waals surface area (Å²) in [7, 11) is 0. The number of fused-ring (bicyclic) bond motifs is 1. The third-order valence-corrected chi connectivity index (χ3v) is 4.10. The maximum Gasteiger partial charge on any atom is 0.141 e. The number of benzene rings is 2. The highest BCUT2D eigenvalue weighted by atomic mass is 79.9. The molecule has 0 amide bonds. The molecule has 0 aliphatic rings. The fourth-order valence-electron chi connectivity index (χ4n) is 1.96. The summed E-state index contributed by atoms with van der Waals surface area (Å²) >= 11 is 9.64. The molecule has 1 heterocycles. The molecule has 20 heavy (non-hydrogen) atoms. The van der Waals surface area contributed by atoms with Crippen LogP contribution < -0.4 is 5.32 Å². The molecule has 0 saturated carbocycles. The van der Waals surface area contributed by atoms with Gasteiger partial charge in [-0.15, -0.1) is 0 Å². The molecule has 100 valence electrons. The summed E-state index contributed by atoms with van der Waals surface area (Å²) in [5.41, 5.74) is 2.83. The van der Waals surface area contributed by atoms with Gasteiger partial charge in [0.2, 0.25) is 0 Å². The lowest BCUT2D eigenvalue weighted by Gasteiger charge is -2.10. The summed E-state index contributed by atoms with van der Waals surface area (Å²) < 4.78 is 0.947. The third-order valence-electron chi connectivity index (χ3n) is 3.05. The van der Waals surface area contributed by atoms with Gasteiger partial charge < -0.3 is 5.32 Å². The van der Waals surface area contributed by atoms with Gasteiger partial charge in [0.15, 0.2) is 0 Å². The van der Waals surface area contributed by atoms with E-state index in [9.17, 15) is 0 Å². The Balaban J connectivity index is 2.06. The van der Waals surface area contributed by atoms with Crippen LogP contribution in [0.3, 0.4) is 0 Å². The molecule has 0 bridgehead atoms. The zero-order chi connectivity index (χ0) is 14.1. The lowest BCUT2D eigenvalue weighted by Crippen LogP contribution is -1.96. The second kappa shape index (κ2) is 5.38. The van der Waals surface area contributed by atoms with Crippen LogP contribution in [0.2, 0.25) is 5.02 Å². The summed E-state index contributed by atoms with van der Waals surface area (Å²) in [6.07, 6.45) is 1.55. The predicted molar refractivity (Wildman–Crippen MR) is 86.7 cm³/mol. The number of halogens is 2. The molecule has 0 unspecified atom stereocenters. The zero-order valence-corrected chi connectivity index (χ0v) is 13.0. The van der Waals surface area contributed by atoms with E-state index < -0.39 is 0 Å². The van der Waals surface area contributed by atoms with Gasteiger partial charge in [0.05, 0.1) is 5.52 Å². The predicted octanol–water partition coefficient (Wildman–Crippen LogP) is 5.10. The fourth-order valence-corrected chi connectivity index (χ4v) is 2.61. The molecule has 0 spiro atoms. The van der Waals surface area contributed by atoms with Gasteiger partial charge in [-0.25, -0.2) is 9.97 Å². The van der Waals surface area contributed by atoms with Crippen molar-refractivity contribution in [2.24, 2.45) is 0 Å². The van der Waals surface area contributed by atoms with Crippen molar-refractivity contribution in [2.75, 3.05) is 5.32 Å². The average Bonchev–Trinajstić information content (AvgIpc) is 2.44. The first-order valence-corrected chi connectivity index (χ1v) is 7.24. The summed E-state index contributed by atoms with van der Waals surface area (Å²) in [5.74, 6) is 0.760. The van der Waals surface area contributed by atoms with Crippen molar-refractivity contribution >= 4 is 49.9 Å². The quantitative estimate of drug-likeness (QED) is 0.700. The van der Waals surface area contributed by atoms with Gasteiger partial charge >= 0.3 is 0 Å². The Morgan fingerprint density at radius 1 is 1.15 bits per heavy atom. The number of aromatic nitrogens is 2. The van der Waals surface area contributed by atoms with Crippen LogP contribution in [0.5, 0.6) is 0 Å². The monoisotopic (exact) mass is 347 g/mol. The number of para-hydroxylation sites is 1. The number of nitrogens with zero attached hydrogens (tertiary/aromatic N) is 2. The normalized spacial score (nSPS) is 10.8. The van der Waals surface area contributed by atoms with Gasteiger partial charge in [-0.3, -0.25) is 0 Å². The van der Waals surface area contributed by atoms with Crippen molar-refractivity contribution in [1.82, 2.24) is 9.97 Å². The Hall–Kier alpha value is -1.65. The second-order valence-corrected chi connectivity index (χ2v) is 5.71. The Morgan fingerprint density at radius 2 is 2.00 bits per heavy atom. The summed E-state index contributed by atoms with van der Waals surface area (Å²) in [4.78, 5) is 8.60. The molecule has 0 aliphatic heterocycles. The number of hydrogen-bond acceptors (Lipinski definition) is 3. The minimum atomic E-state index is 0.731. The lowest BCUT2D eigenvalue weighted by atomic mass is 10.2. The number of nitrogens with one attached hydrogen (secondary N) is 1. The molecule has 0 atom stereocenters. The van der Waals surface area contributed by atoms with Crippen LogP contribution in [0.25, 0.3) is 10.9 Å². The van der Waals surface area contributed by atoms with E-state index in [1.807, 2.05) is 43.3 Å². The smallest absolute Gasteiger partial charge is 0.141 e. The topological polar surface area (TPSA) is 37.8 Å². The van der Waals surface area contributed by atoms with Gasteiger partial charge in [-0.05, 0) is 52.7 Å². The van der Waals surface area contributed by atoms with Gasteiger partial charge in [0.25, 0.3) is 0 Å². The number of anilines is 2. The van der Waals surface area contributed by atoms with E-state index in [2.05, 4.69) is 31.2 Å². The second-order valence-electron chi connectivity index (χ2n) is 4.45. The molecule has 0 saturated heterocycles. The Labute approximate surface area is 130 Å².